The third kappa shape index (κ3) is 17.3. The molecular formula is C70H82Cl5FN18O7S. The van der Waals surface area contributed by atoms with Crippen LogP contribution in [-0.2, 0) is 29.2 Å². The van der Waals surface area contributed by atoms with E-state index in [0.29, 0.717) is 102 Å². The number of aliphatic hydroxyl groups is 1. The summed E-state index contributed by atoms with van der Waals surface area (Å²) in [6, 6.07) is 19.4. The van der Waals surface area contributed by atoms with Gasteiger partial charge >= 0.3 is 0 Å². The Morgan fingerprint density at radius 2 is 1.00 bits per heavy atom. The highest BCUT2D eigenvalue weighted by Gasteiger charge is 2.50. The van der Waals surface area contributed by atoms with Gasteiger partial charge in [0.05, 0.1) is 83.8 Å². The summed E-state index contributed by atoms with van der Waals surface area (Å²) in [4.78, 5) is 56.5. The maximum absolute atomic E-state index is 12.3. The van der Waals surface area contributed by atoms with E-state index >= 15 is 0 Å². The summed E-state index contributed by atoms with van der Waals surface area (Å²) < 4.78 is 37.1. The topological polar surface area (TPSA) is 324 Å². The SMILES string of the molecule is CC(=O)NC1CCN(c2cc(Cl)cc3[nH]ncc23)C1.C[C@@H]1CN(S(C)(=O)=O)CCN1c1cc(Cl)cc2[nH]ncc12.NC(=O)C1CCCN(c2cc(Cl)cc3[nH]ncc23)C1.O=C(CCF)N1CCC(c2cc(Cl)cc3[nH]ncc23)CC1.O=C(N1CCC(c2cc(Cl)cc3[nH]ncc23)CC1)C1(O)CC1. The zero-order chi connectivity index (χ0) is 72.1. The van der Waals surface area contributed by atoms with Crippen molar-refractivity contribution >= 4 is 163 Å². The average Bonchev–Trinajstić information content (AvgIpc) is 1.51. The van der Waals surface area contributed by atoms with Gasteiger partial charge in [0.15, 0.2) is 0 Å². The molecule has 5 saturated heterocycles. The monoisotopic (exact) mass is 1510 g/mol. The van der Waals surface area contributed by atoms with Crippen molar-refractivity contribution in [3.8, 4) is 0 Å². The normalized spacial score (nSPS) is 19.6. The lowest BCUT2D eigenvalue weighted by molar-refractivity contribution is -0.143. The molecule has 0 bridgehead atoms. The predicted molar refractivity (Wildman–Crippen MR) is 399 cm³/mol. The van der Waals surface area contributed by atoms with E-state index in [4.69, 9.17) is 63.7 Å². The van der Waals surface area contributed by atoms with Crippen LogP contribution in [0.3, 0.4) is 0 Å². The lowest BCUT2D eigenvalue weighted by Gasteiger charge is -2.40. The van der Waals surface area contributed by atoms with Crippen molar-refractivity contribution < 1.29 is 37.1 Å². The zero-order valence-electron chi connectivity index (χ0n) is 56.7. The van der Waals surface area contributed by atoms with Gasteiger partial charge in [0.1, 0.15) is 5.60 Å². The Morgan fingerprint density at radius 3 is 1.44 bits per heavy atom. The molecule has 5 aromatic carbocycles. The first kappa shape index (κ1) is 73.7. The standard InChI is InChI=1S/C16H18ClN3O2.C15H17ClFN3O.C13H17ClN4O2S.2C13H15ClN4O/c17-11-7-12(13-9-18-19-14(13)8-11)10-1-5-20(6-2-10)15(21)16(22)3-4-16;16-11-7-12(13-9-18-19-14(13)8-11)10-2-5-20(6-3-10)15(21)1-4-17;1-9-8-17(21(2,19)20)3-4-18(9)13-6-10(14)5-12-11(13)7-15-16-12;1-8(19)16-10-2-3-18(7-10)13-5-9(14)4-12-11(13)6-15-17-12;14-9-4-11-10(6-16-17-11)12(5-9)18-3-1-2-8(7-18)13(15)19/h7-10,22H,1-6H2,(H,18,19);7-10H,1-6H2,(H,18,19);5-7,9H,3-4,8H2,1-2H3,(H,15,16);4-6,10H,2-3,7H2,1H3,(H,15,17)(H,16,19);4-6,8H,1-3,7H2,(H2,15,19)(H,16,17)/t;;9-;;/m..1../s1. The van der Waals surface area contributed by atoms with Crippen LogP contribution in [0.4, 0.5) is 21.5 Å². The highest BCUT2D eigenvalue weighted by Crippen LogP contribution is 2.42. The van der Waals surface area contributed by atoms with Gasteiger partial charge in [-0.3, -0.25) is 49.1 Å². The number of nitrogens with zero attached hydrogens (tertiary/aromatic N) is 11. The third-order valence-corrected chi connectivity index (χ3v) is 22.4. The van der Waals surface area contributed by atoms with Crippen molar-refractivity contribution in [2.24, 2.45) is 11.7 Å². The molecule has 6 aliphatic rings. The van der Waals surface area contributed by atoms with Crippen molar-refractivity contribution in [1.29, 1.82) is 0 Å². The van der Waals surface area contributed by atoms with E-state index in [-0.39, 0.29) is 48.1 Å². The minimum atomic E-state index is -3.14. The largest absolute Gasteiger partial charge is 0.380 e. The lowest BCUT2D eigenvalue weighted by Crippen LogP contribution is -2.53. The number of piperidine rings is 3. The van der Waals surface area contributed by atoms with Crippen molar-refractivity contribution in [3.05, 3.63) is 128 Å². The minimum Gasteiger partial charge on any atom is -0.380 e. The fraction of sp³-hybridized carbons (Fsp3) is 0.443. The van der Waals surface area contributed by atoms with Gasteiger partial charge in [-0.25, -0.2) is 8.42 Å². The van der Waals surface area contributed by atoms with E-state index in [9.17, 15) is 37.1 Å². The van der Waals surface area contributed by atoms with Crippen LogP contribution in [0.2, 0.25) is 25.1 Å². The first-order chi connectivity index (χ1) is 48.9. The molecule has 1 aliphatic carbocycles. The molecule has 32 heteroatoms. The number of primary amides is 1. The number of anilines is 3. The van der Waals surface area contributed by atoms with Crippen LogP contribution in [-0.4, -0.2) is 205 Å². The first-order valence-electron chi connectivity index (χ1n) is 34.2. The smallest absolute Gasteiger partial charge is 0.254 e. The molecule has 25 nitrogen and oxygen atoms in total. The minimum absolute atomic E-state index is 0.00614. The van der Waals surface area contributed by atoms with E-state index in [2.05, 4.69) is 71.0 Å². The van der Waals surface area contributed by atoms with Crippen LogP contribution in [0, 0.1) is 5.92 Å². The summed E-state index contributed by atoms with van der Waals surface area (Å²) >= 11 is 30.8. The molecule has 0 spiro atoms. The molecule has 5 aromatic heterocycles. The number of likely N-dealkylation sites (tertiary alicyclic amines) is 2. The summed E-state index contributed by atoms with van der Waals surface area (Å²) in [7, 11) is -3.14. The van der Waals surface area contributed by atoms with Gasteiger partial charge in [-0.15, -0.1) is 0 Å². The number of sulfonamides is 1. The Bertz CT molecular complexity index is 4780. The number of alkyl halides is 1. The Labute approximate surface area is 613 Å². The lowest BCUT2D eigenvalue weighted by atomic mass is 9.87. The number of H-pyrrole nitrogens is 5. The van der Waals surface area contributed by atoms with Crippen LogP contribution >= 0.6 is 58.0 Å². The number of benzene rings is 5. The molecule has 5 aliphatic heterocycles. The van der Waals surface area contributed by atoms with Crippen LogP contribution in [0.25, 0.3) is 54.5 Å². The Morgan fingerprint density at radius 1 is 0.569 bits per heavy atom. The molecular weight excluding hydrogens is 1430 g/mol. The number of hydrogen-bond acceptors (Lipinski definition) is 15. The molecule has 4 amide bonds. The van der Waals surface area contributed by atoms with Crippen molar-refractivity contribution in [3.63, 3.8) is 0 Å². The number of nitrogens with one attached hydrogen (secondary N) is 6. The van der Waals surface area contributed by atoms with Crippen LogP contribution in [0.1, 0.15) is 101 Å². The molecule has 542 valence electrons. The number of nitrogens with two attached hydrogens (primary N) is 1. The molecule has 10 aromatic rings. The highest BCUT2D eigenvalue weighted by molar-refractivity contribution is 7.88. The Kier molecular flexibility index (Phi) is 23.1. The van der Waals surface area contributed by atoms with Gasteiger partial charge in [-0.1, -0.05) is 58.0 Å². The number of carbonyl (C=O) groups is 4. The van der Waals surface area contributed by atoms with Crippen LogP contribution in [0.5, 0.6) is 0 Å². The second-order valence-corrected chi connectivity index (χ2v) is 31.3. The maximum Gasteiger partial charge on any atom is 0.254 e. The summed E-state index contributed by atoms with van der Waals surface area (Å²) in [6.45, 7) is 10.6. The predicted octanol–water partition coefficient (Wildman–Crippen LogP) is 11.3. The number of aromatic nitrogens is 10. The average molecular weight is 1520 g/mol. The second-order valence-electron chi connectivity index (χ2n) is 27.1. The number of fused-ring (bicyclic) bond motifs is 5. The molecule has 1 saturated carbocycles. The summed E-state index contributed by atoms with van der Waals surface area (Å²) in [5.41, 5.74) is 14.4. The molecule has 0 radical (unpaired) electrons. The van der Waals surface area contributed by atoms with Gasteiger partial charge in [0.25, 0.3) is 5.91 Å². The molecule has 9 N–H and O–H groups in total. The Hall–Kier alpha value is -8.02. The fourth-order valence-corrected chi connectivity index (χ4v) is 16.6. The van der Waals surface area contributed by atoms with Gasteiger partial charge in [-0.2, -0.15) is 29.8 Å². The number of aromatic amines is 5. The molecule has 16 rings (SSSR count). The number of carbonyl (C=O) groups excluding carboxylic acids is 4. The van der Waals surface area contributed by atoms with E-state index in [1.807, 2.05) is 86.2 Å². The number of amides is 4. The highest BCUT2D eigenvalue weighted by atomic mass is 35.5. The maximum atomic E-state index is 12.3. The second kappa shape index (κ2) is 31.9. The van der Waals surface area contributed by atoms with Crippen LogP contribution < -0.4 is 25.8 Å². The van der Waals surface area contributed by atoms with Crippen molar-refractivity contribution in [2.75, 3.05) is 99.6 Å². The first-order valence-corrected chi connectivity index (χ1v) is 37.9. The van der Waals surface area contributed by atoms with Crippen molar-refractivity contribution in [1.82, 2.24) is 70.4 Å². The summed E-state index contributed by atoms with van der Waals surface area (Å²) in [5.74, 6) is 0.257. The molecule has 3 atom stereocenters. The van der Waals surface area contributed by atoms with E-state index in [0.717, 1.165) is 136 Å². The van der Waals surface area contributed by atoms with E-state index < -0.39 is 22.3 Å². The number of piperazine rings is 1. The van der Waals surface area contributed by atoms with Gasteiger partial charge < -0.3 is 40.7 Å². The van der Waals surface area contributed by atoms with Gasteiger partial charge in [-0.05, 0) is 148 Å². The number of hydrogen-bond donors (Lipinski definition) is 8. The summed E-state index contributed by atoms with van der Waals surface area (Å²) in [6.07, 6.45) is 17.8. The van der Waals surface area contributed by atoms with Gasteiger partial charge in [0, 0.05) is 160 Å². The molecule has 6 fully saturated rings. The van der Waals surface area contributed by atoms with Crippen molar-refractivity contribution in [2.45, 2.75) is 108 Å². The molecule has 10 heterocycles. The van der Waals surface area contributed by atoms with E-state index in [1.54, 1.807) is 29.1 Å². The molecule has 102 heavy (non-hydrogen) atoms. The number of halogens is 6. The quantitative estimate of drug-likeness (QED) is 0.0597. The zero-order valence-corrected chi connectivity index (χ0v) is 61.3. The number of rotatable bonds is 11. The van der Waals surface area contributed by atoms with Gasteiger partial charge in [0.2, 0.25) is 27.7 Å². The third-order valence-electron chi connectivity index (χ3n) is 20.0. The molecule has 2 unspecified atom stereocenters. The van der Waals surface area contributed by atoms with Crippen LogP contribution in [0.15, 0.2) is 91.6 Å². The summed E-state index contributed by atoms with van der Waals surface area (Å²) in [5, 5.41) is 56.6. The fourth-order valence-electron chi connectivity index (χ4n) is 14.6. The Balaban J connectivity index is 0.000000121. The van der Waals surface area contributed by atoms with E-state index in [1.165, 1.54) is 21.7 Å².